The van der Waals surface area contributed by atoms with Crippen molar-refractivity contribution in [2.24, 2.45) is 0 Å². The monoisotopic (exact) mass is 254 g/mol. The van der Waals surface area contributed by atoms with E-state index < -0.39 is 0 Å². The number of aliphatic hydroxyl groups excluding tert-OH is 1. The average molecular weight is 254 g/mol. The molecule has 0 aromatic heterocycles. The van der Waals surface area contributed by atoms with Gasteiger partial charge in [0.1, 0.15) is 0 Å². The molecule has 0 unspecified atom stereocenters. The van der Waals surface area contributed by atoms with Gasteiger partial charge >= 0.3 is 2.85 Å². The van der Waals surface area contributed by atoms with Gasteiger partial charge in [-0.2, -0.15) is 0 Å². The van der Waals surface area contributed by atoms with E-state index in [4.69, 9.17) is 28.8 Å². The number of hydrogen-bond acceptors (Lipinski definition) is 6. The van der Waals surface area contributed by atoms with Gasteiger partial charge < -0.3 is 28.8 Å². The summed E-state index contributed by atoms with van der Waals surface area (Å²) < 4.78 is 25.6. The van der Waals surface area contributed by atoms with Gasteiger partial charge in [0.05, 0.1) is 66.1 Å². The maximum atomic E-state index is 8.44. The van der Waals surface area contributed by atoms with Crippen LogP contribution < -0.4 is 0 Å². The first-order chi connectivity index (χ1) is 8.41. The van der Waals surface area contributed by atoms with Gasteiger partial charge in [-0.15, -0.1) is 0 Å². The molecule has 0 fully saturated rings. The average Bonchev–Trinajstić information content (AvgIpc) is 2.35. The van der Waals surface area contributed by atoms with E-state index >= 15 is 0 Å². The number of ether oxygens (including phenoxy) is 5. The highest BCUT2D eigenvalue weighted by atomic mass is 16.6. The normalized spacial score (nSPS) is 10.9. The molecule has 104 valence electrons. The molecule has 17 heavy (non-hydrogen) atoms. The highest BCUT2D eigenvalue weighted by Gasteiger charge is 1.92. The van der Waals surface area contributed by atoms with Gasteiger partial charge in [-0.25, -0.2) is 0 Å². The predicted octanol–water partition coefficient (Wildman–Crippen LogP) is -0.0835. The van der Waals surface area contributed by atoms with E-state index in [2.05, 4.69) is 0 Å². The van der Waals surface area contributed by atoms with Gasteiger partial charge in [0.2, 0.25) is 0 Å². The first kappa shape index (κ1) is 16.8. The van der Waals surface area contributed by atoms with Crippen LogP contribution in [0.25, 0.3) is 0 Å². The first-order valence-electron chi connectivity index (χ1n) is 5.82. The highest BCUT2D eigenvalue weighted by Crippen LogP contribution is 1.82. The molecule has 0 amide bonds. The van der Waals surface area contributed by atoms with Crippen LogP contribution in [0.4, 0.5) is 0 Å². The molecule has 0 saturated heterocycles. The lowest BCUT2D eigenvalue weighted by atomic mass is 10.7. The SMILES string of the molecule is COCCOCCOCCOCCOCCO.[H+].[H+]. The molecule has 0 radical (unpaired) electrons. The minimum atomic E-state index is 0. The van der Waals surface area contributed by atoms with Crippen LogP contribution in [0, 0.1) is 0 Å². The Labute approximate surface area is 106 Å². The number of rotatable bonds is 14. The third kappa shape index (κ3) is 15.8. The van der Waals surface area contributed by atoms with Gasteiger partial charge in [0.15, 0.2) is 0 Å². The summed E-state index contributed by atoms with van der Waals surface area (Å²) >= 11 is 0. The van der Waals surface area contributed by atoms with Gasteiger partial charge in [-0.1, -0.05) is 0 Å². The minimum absolute atomic E-state index is 0. The fourth-order valence-electron chi connectivity index (χ4n) is 0.969. The van der Waals surface area contributed by atoms with E-state index in [-0.39, 0.29) is 9.46 Å². The summed E-state index contributed by atoms with van der Waals surface area (Å²) in [5.41, 5.74) is 0. The first-order valence-corrected chi connectivity index (χ1v) is 5.82. The topological polar surface area (TPSA) is 66.4 Å². The van der Waals surface area contributed by atoms with Crippen molar-refractivity contribution in [3.8, 4) is 0 Å². The van der Waals surface area contributed by atoms with Crippen molar-refractivity contribution in [3.63, 3.8) is 0 Å². The molecule has 0 heterocycles. The Morgan fingerprint density at radius 3 is 1.35 bits per heavy atom. The lowest BCUT2D eigenvalue weighted by Gasteiger charge is -2.06. The van der Waals surface area contributed by atoms with Crippen LogP contribution in [-0.2, 0) is 23.7 Å². The standard InChI is InChI=1S/C11H24O6/c1-13-4-5-15-8-9-17-11-10-16-7-6-14-3-2-12/h12H,2-11H2,1H3/p+2. The minimum Gasteiger partial charge on any atom is -0.394 e. The van der Waals surface area contributed by atoms with Crippen molar-refractivity contribution in [3.05, 3.63) is 0 Å². The van der Waals surface area contributed by atoms with Crippen molar-refractivity contribution >= 4 is 0 Å². The molecule has 0 spiro atoms. The van der Waals surface area contributed by atoms with E-state index in [0.29, 0.717) is 59.5 Å². The van der Waals surface area contributed by atoms with Crippen molar-refractivity contribution in [2.75, 3.05) is 73.2 Å². The third-order valence-corrected chi connectivity index (χ3v) is 1.78. The molecule has 0 aromatic rings. The molecular formula is C11H26O6+2. The molecule has 0 rings (SSSR count). The summed E-state index contributed by atoms with van der Waals surface area (Å²) in [5.74, 6) is 0. The van der Waals surface area contributed by atoms with E-state index in [1.54, 1.807) is 7.11 Å². The third-order valence-electron chi connectivity index (χ3n) is 1.78. The molecule has 0 aromatic carbocycles. The Kier molecular flexibility index (Phi) is 15.5. The van der Waals surface area contributed by atoms with Crippen molar-refractivity contribution in [1.29, 1.82) is 0 Å². The molecule has 0 aliphatic carbocycles. The maximum Gasteiger partial charge on any atom is 1.00 e. The largest absolute Gasteiger partial charge is 1.00 e. The summed E-state index contributed by atoms with van der Waals surface area (Å²) in [6.45, 7) is 4.86. The van der Waals surface area contributed by atoms with Crippen LogP contribution in [0.5, 0.6) is 0 Å². The molecule has 0 atom stereocenters. The van der Waals surface area contributed by atoms with Crippen molar-refractivity contribution < 1.29 is 31.6 Å². The van der Waals surface area contributed by atoms with Crippen LogP contribution >= 0.6 is 0 Å². The Bertz CT molecular complexity index is 128. The Morgan fingerprint density at radius 2 is 1.00 bits per heavy atom. The summed E-state index contributed by atoms with van der Waals surface area (Å²) in [6.07, 6.45) is 0. The van der Waals surface area contributed by atoms with Crippen LogP contribution in [0.15, 0.2) is 0 Å². The zero-order valence-corrected chi connectivity index (χ0v) is 10.6. The second kappa shape index (κ2) is 15.8. The van der Waals surface area contributed by atoms with Gasteiger partial charge in [-0.3, -0.25) is 0 Å². The molecule has 6 nitrogen and oxygen atoms in total. The lowest BCUT2D eigenvalue weighted by Crippen LogP contribution is -2.13. The van der Waals surface area contributed by atoms with Crippen molar-refractivity contribution in [1.82, 2.24) is 0 Å². The Balaban J connectivity index is -0.00000128. The van der Waals surface area contributed by atoms with Crippen LogP contribution in [0.2, 0.25) is 0 Å². The van der Waals surface area contributed by atoms with Crippen molar-refractivity contribution in [2.45, 2.75) is 0 Å². The fourth-order valence-corrected chi connectivity index (χ4v) is 0.969. The molecule has 0 bridgehead atoms. The second-order valence-electron chi connectivity index (χ2n) is 3.17. The van der Waals surface area contributed by atoms with Crippen LogP contribution in [0.1, 0.15) is 2.85 Å². The van der Waals surface area contributed by atoms with E-state index in [0.717, 1.165) is 0 Å². The van der Waals surface area contributed by atoms with Gasteiger partial charge in [0, 0.05) is 7.11 Å². The van der Waals surface area contributed by atoms with Gasteiger partial charge in [-0.05, 0) is 0 Å². The summed E-state index contributed by atoms with van der Waals surface area (Å²) in [6, 6.07) is 0. The van der Waals surface area contributed by atoms with Gasteiger partial charge in [0.25, 0.3) is 0 Å². The second-order valence-corrected chi connectivity index (χ2v) is 3.17. The zero-order chi connectivity index (χ0) is 12.6. The number of aliphatic hydroxyl groups is 1. The molecule has 0 aliphatic heterocycles. The summed E-state index contributed by atoms with van der Waals surface area (Å²) in [5, 5.41) is 8.44. The lowest BCUT2D eigenvalue weighted by molar-refractivity contribution is -0.0105. The molecule has 1 N–H and O–H groups in total. The van der Waals surface area contributed by atoms with E-state index in [1.165, 1.54) is 0 Å². The maximum absolute atomic E-state index is 8.44. The van der Waals surface area contributed by atoms with Crippen LogP contribution in [-0.4, -0.2) is 78.3 Å². The number of methoxy groups -OCH3 is 1. The highest BCUT2D eigenvalue weighted by molar-refractivity contribution is 4.35. The Hall–Kier alpha value is -0.240. The van der Waals surface area contributed by atoms with E-state index in [9.17, 15) is 0 Å². The molecule has 0 aliphatic rings. The number of hydrogen-bond donors (Lipinski definition) is 1. The fraction of sp³-hybridized carbons (Fsp3) is 1.00. The molecule has 6 heteroatoms. The zero-order valence-electron chi connectivity index (χ0n) is 12.6. The smallest absolute Gasteiger partial charge is 0.394 e. The summed E-state index contributed by atoms with van der Waals surface area (Å²) in [4.78, 5) is 0. The Morgan fingerprint density at radius 1 is 0.647 bits per heavy atom. The quantitative estimate of drug-likeness (QED) is 0.437. The van der Waals surface area contributed by atoms with E-state index in [1.807, 2.05) is 0 Å². The molecule has 0 saturated carbocycles. The van der Waals surface area contributed by atoms with Crippen LogP contribution in [0.3, 0.4) is 0 Å². The summed E-state index contributed by atoms with van der Waals surface area (Å²) in [7, 11) is 1.64. The predicted molar refractivity (Wildman–Crippen MR) is 64.5 cm³/mol. The molecular weight excluding hydrogens is 228 g/mol.